The van der Waals surface area contributed by atoms with Gasteiger partial charge in [-0.1, -0.05) is 46.0 Å². The third kappa shape index (κ3) is 5.24. The highest BCUT2D eigenvalue weighted by Gasteiger charge is 2.62. The molecule has 1 unspecified atom stereocenters. The Balaban J connectivity index is 1.86. The number of nitrogens with zero attached hydrogens (tertiary/aromatic N) is 1. The first kappa shape index (κ1) is 23.6. The van der Waals surface area contributed by atoms with Crippen LogP contribution in [0.1, 0.15) is 30.0 Å². The number of benzene rings is 2. The van der Waals surface area contributed by atoms with Gasteiger partial charge in [-0.05, 0) is 41.5 Å². The monoisotopic (exact) mass is 495 g/mol. The van der Waals surface area contributed by atoms with E-state index < -0.39 is 18.2 Å². The van der Waals surface area contributed by atoms with Crippen LogP contribution in [0.25, 0.3) is 0 Å². The molecule has 6 nitrogen and oxygen atoms in total. The normalized spacial score (nSPS) is 18.5. The van der Waals surface area contributed by atoms with Crippen molar-refractivity contribution < 1.29 is 27.6 Å². The van der Waals surface area contributed by atoms with Gasteiger partial charge >= 0.3 is 6.18 Å². The van der Waals surface area contributed by atoms with Crippen LogP contribution in [0, 0.1) is 0 Å². The average molecular weight is 497 g/mol. The van der Waals surface area contributed by atoms with Crippen molar-refractivity contribution in [3.63, 3.8) is 0 Å². The summed E-state index contributed by atoms with van der Waals surface area (Å²) in [7, 11) is 0. The smallest absolute Gasteiger partial charge is 0.374 e. The Morgan fingerprint density at radius 2 is 1.87 bits per heavy atom. The molecule has 0 saturated heterocycles. The summed E-state index contributed by atoms with van der Waals surface area (Å²) < 4.78 is 42.3. The Bertz CT molecular complexity index is 1010. The van der Waals surface area contributed by atoms with Gasteiger partial charge in [0, 0.05) is 34.0 Å². The first-order valence-corrected chi connectivity index (χ1v) is 9.86. The minimum absolute atomic E-state index is 0.0424. The second-order valence-electron chi connectivity index (χ2n) is 6.67. The van der Waals surface area contributed by atoms with Gasteiger partial charge in [0.25, 0.3) is 5.60 Å². The van der Waals surface area contributed by atoms with Crippen molar-refractivity contribution in [2.75, 3.05) is 0 Å². The van der Waals surface area contributed by atoms with Crippen molar-refractivity contribution >= 4 is 46.4 Å². The lowest BCUT2D eigenvalue weighted by Crippen LogP contribution is -2.42. The first-order valence-electron chi connectivity index (χ1n) is 8.72. The standard InChI is InChI=1S/C19H15Cl3F3N3O3/c1-10(29)26-28-30-9-12-4-11(2-3-16(12)22)17-8-18(31-27-17,19(23,24)25)13-5-14(20)7-15(21)6-13/h2-7,28H,8-9H2,1H3,(H,26,29). The zero-order valence-electron chi connectivity index (χ0n) is 15.8. The van der Waals surface area contributed by atoms with E-state index in [0.29, 0.717) is 16.1 Å². The highest BCUT2D eigenvalue weighted by atomic mass is 35.5. The summed E-state index contributed by atoms with van der Waals surface area (Å²) >= 11 is 17.9. The van der Waals surface area contributed by atoms with Crippen LogP contribution >= 0.6 is 34.8 Å². The predicted molar refractivity (Wildman–Crippen MR) is 110 cm³/mol. The fraction of sp³-hybridized carbons (Fsp3) is 0.263. The Labute approximate surface area is 190 Å². The minimum Gasteiger partial charge on any atom is -0.374 e. The van der Waals surface area contributed by atoms with E-state index in [2.05, 4.69) is 16.2 Å². The maximum atomic E-state index is 14.1. The molecule has 12 heteroatoms. The van der Waals surface area contributed by atoms with E-state index in [0.717, 1.165) is 12.1 Å². The number of hydrazine groups is 1. The third-order valence-corrected chi connectivity index (χ3v) is 5.23. The molecule has 0 bridgehead atoms. The van der Waals surface area contributed by atoms with Crippen LogP contribution in [0.3, 0.4) is 0 Å². The number of oxime groups is 1. The number of nitrogens with one attached hydrogen (secondary N) is 2. The summed E-state index contributed by atoms with van der Waals surface area (Å²) in [4.78, 5) is 20.9. The van der Waals surface area contributed by atoms with Crippen LogP contribution in [0.4, 0.5) is 13.2 Å². The molecule has 2 N–H and O–H groups in total. The molecule has 0 spiro atoms. The summed E-state index contributed by atoms with van der Waals surface area (Å²) in [5, 5.41) is 4.11. The molecule has 0 fully saturated rings. The fourth-order valence-electron chi connectivity index (χ4n) is 2.93. The molecule has 0 radical (unpaired) electrons. The topological polar surface area (TPSA) is 72.0 Å². The zero-order chi connectivity index (χ0) is 22.8. The number of amides is 1. The van der Waals surface area contributed by atoms with Gasteiger partial charge in [-0.25, -0.2) is 0 Å². The lowest BCUT2D eigenvalue weighted by atomic mass is 9.86. The molecule has 31 heavy (non-hydrogen) atoms. The van der Waals surface area contributed by atoms with Gasteiger partial charge in [-0.2, -0.15) is 13.2 Å². The molecule has 1 heterocycles. The molecule has 1 amide bonds. The minimum atomic E-state index is -4.80. The number of halogens is 6. The largest absolute Gasteiger partial charge is 0.435 e. The highest BCUT2D eigenvalue weighted by Crippen LogP contribution is 2.49. The number of carbonyl (C=O) groups is 1. The van der Waals surface area contributed by atoms with Crippen molar-refractivity contribution in [3.05, 3.63) is 68.2 Å². The highest BCUT2D eigenvalue weighted by molar-refractivity contribution is 6.34. The van der Waals surface area contributed by atoms with E-state index in [1.54, 1.807) is 0 Å². The van der Waals surface area contributed by atoms with Crippen LogP contribution < -0.4 is 11.0 Å². The summed E-state index contributed by atoms with van der Waals surface area (Å²) in [6.45, 7) is 1.21. The van der Waals surface area contributed by atoms with Crippen LogP contribution in [0.2, 0.25) is 15.1 Å². The zero-order valence-corrected chi connectivity index (χ0v) is 18.1. The van der Waals surface area contributed by atoms with E-state index in [1.165, 1.54) is 31.2 Å². The molecule has 1 atom stereocenters. The summed E-state index contributed by atoms with van der Waals surface area (Å²) in [6, 6.07) is 8.17. The number of carbonyl (C=O) groups excluding carboxylic acids is 1. The van der Waals surface area contributed by atoms with Crippen molar-refractivity contribution in [2.45, 2.75) is 31.7 Å². The van der Waals surface area contributed by atoms with Crippen LogP contribution in [-0.4, -0.2) is 17.8 Å². The number of alkyl halides is 3. The Kier molecular flexibility index (Phi) is 7.02. The molecule has 1 aliphatic rings. The quantitative estimate of drug-likeness (QED) is 0.420. The molecule has 2 aromatic rings. The molecular weight excluding hydrogens is 482 g/mol. The van der Waals surface area contributed by atoms with Crippen molar-refractivity contribution in [1.29, 1.82) is 0 Å². The van der Waals surface area contributed by atoms with Crippen LogP contribution in [0.15, 0.2) is 41.6 Å². The average Bonchev–Trinajstić information content (AvgIpc) is 3.12. The van der Waals surface area contributed by atoms with E-state index in [4.69, 9.17) is 44.5 Å². The van der Waals surface area contributed by atoms with E-state index in [-0.39, 0.29) is 33.8 Å². The van der Waals surface area contributed by atoms with Gasteiger partial charge in [-0.15, -0.1) is 5.59 Å². The summed E-state index contributed by atoms with van der Waals surface area (Å²) in [6.07, 6.45) is -5.40. The lowest BCUT2D eigenvalue weighted by molar-refractivity contribution is -0.275. The van der Waals surface area contributed by atoms with Crippen molar-refractivity contribution in [1.82, 2.24) is 11.0 Å². The van der Waals surface area contributed by atoms with Crippen LogP contribution in [-0.2, 0) is 26.7 Å². The second kappa shape index (κ2) is 9.22. The maximum absolute atomic E-state index is 14.1. The first-order chi connectivity index (χ1) is 14.5. The number of hydrogen-bond acceptors (Lipinski definition) is 5. The number of hydrogen-bond donors (Lipinski definition) is 2. The van der Waals surface area contributed by atoms with Crippen molar-refractivity contribution in [2.24, 2.45) is 5.16 Å². The predicted octanol–water partition coefficient (Wildman–Crippen LogP) is 5.30. The summed E-state index contributed by atoms with van der Waals surface area (Å²) in [5.74, 6) is -0.373. The Hall–Kier alpha value is -2.04. The SMILES string of the molecule is CC(=O)NNOCc1cc(C2=NOC(c3cc(Cl)cc(Cl)c3)(C(F)(F)F)C2)ccc1Cl. The van der Waals surface area contributed by atoms with Gasteiger partial charge in [0.15, 0.2) is 0 Å². The van der Waals surface area contributed by atoms with Gasteiger partial charge in [0.2, 0.25) is 5.91 Å². The molecule has 166 valence electrons. The molecule has 0 aliphatic carbocycles. The fourth-order valence-corrected chi connectivity index (χ4v) is 3.63. The third-order valence-electron chi connectivity index (χ3n) is 4.42. The number of rotatable bonds is 6. The van der Waals surface area contributed by atoms with Gasteiger partial charge < -0.3 is 4.84 Å². The molecule has 3 rings (SSSR count). The summed E-state index contributed by atoms with van der Waals surface area (Å²) in [5.41, 5.74) is 2.32. The van der Waals surface area contributed by atoms with E-state index in [1.807, 2.05) is 0 Å². The van der Waals surface area contributed by atoms with Gasteiger partial charge in [-0.3, -0.25) is 15.1 Å². The van der Waals surface area contributed by atoms with Gasteiger partial charge in [0.05, 0.1) is 12.3 Å². The van der Waals surface area contributed by atoms with Crippen LogP contribution in [0.5, 0.6) is 0 Å². The molecule has 1 aliphatic heterocycles. The Morgan fingerprint density at radius 3 is 2.48 bits per heavy atom. The molecule has 0 aromatic heterocycles. The van der Waals surface area contributed by atoms with E-state index >= 15 is 0 Å². The second-order valence-corrected chi connectivity index (χ2v) is 7.95. The molecular formula is C19H15Cl3F3N3O3. The van der Waals surface area contributed by atoms with E-state index in [9.17, 15) is 18.0 Å². The van der Waals surface area contributed by atoms with Crippen molar-refractivity contribution in [3.8, 4) is 0 Å². The van der Waals surface area contributed by atoms with Gasteiger partial charge in [0.1, 0.15) is 0 Å². The Morgan fingerprint density at radius 1 is 1.19 bits per heavy atom. The molecule has 2 aromatic carbocycles. The maximum Gasteiger partial charge on any atom is 0.435 e. The lowest BCUT2D eigenvalue weighted by Gasteiger charge is -2.29. The molecule has 0 saturated carbocycles.